The topological polar surface area (TPSA) is 88.9 Å². The van der Waals surface area contributed by atoms with Crippen LogP contribution in [0.5, 0.6) is 0 Å². The van der Waals surface area contributed by atoms with E-state index in [4.69, 9.17) is 9.15 Å². The van der Waals surface area contributed by atoms with E-state index in [0.29, 0.717) is 19.7 Å². The first kappa shape index (κ1) is 18.1. The lowest BCUT2D eigenvalue weighted by Crippen LogP contribution is -2.42. The van der Waals surface area contributed by atoms with E-state index in [1.165, 1.54) is 19.2 Å². The Balaban J connectivity index is 1.75. The van der Waals surface area contributed by atoms with Gasteiger partial charge in [-0.3, -0.25) is 4.79 Å². The molecule has 0 spiro atoms. The van der Waals surface area contributed by atoms with Crippen LogP contribution in [0.15, 0.2) is 50.4 Å². The molecule has 1 aromatic heterocycles. The molecule has 1 atom stereocenters. The summed E-state index contributed by atoms with van der Waals surface area (Å²) >= 11 is 3.39. The maximum Gasteiger partial charge on any atom is 0.289 e. The zero-order valence-corrected chi connectivity index (χ0v) is 15.8. The monoisotopic (exact) mass is 428 g/mol. The molecular weight excluding hydrogens is 412 g/mol. The van der Waals surface area contributed by atoms with Crippen LogP contribution in [0.4, 0.5) is 0 Å². The van der Waals surface area contributed by atoms with Gasteiger partial charge in [0.15, 0.2) is 5.76 Å². The highest BCUT2D eigenvalue weighted by molar-refractivity contribution is 9.10. The fraction of sp³-hybridized carbons (Fsp3) is 0.312. The summed E-state index contributed by atoms with van der Waals surface area (Å²) in [4.78, 5) is 14.2. The number of amides is 1. The number of halogens is 1. The highest BCUT2D eigenvalue weighted by Gasteiger charge is 2.29. The van der Waals surface area contributed by atoms with Crippen LogP contribution in [0.1, 0.15) is 22.2 Å². The lowest BCUT2D eigenvalue weighted by atomic mass is 10.1. The SMILES string of the molecule is CNS(=O)(=O)c1ccc(C(=O)N2CCOC(c3ccc(Br)cc3)C2)o1. The zero-order chi connectivity index (χ0) is 18.0. The van der Waals surface area contributed by atoms with E-state index in [1.807, 2.05) is 24.3 Å². The minimum atomic E-state index is -3.72. The van der Waals surface area contributed by atoms with Gasteiger partial charge in [0.05, 0.1) is 13.2 Å². The molecule has 3 rings (SSSR count). The first-order valence-electron chi connectivity index (χ1n) is 7.60. The first-order chi connectivity index (χ1) is 11.9. The highest BCUT2D eigenvalue weighted by atomic mass is 79.9. The zero-order valence-electron chi connectivity index (χ0n) is 13.4. The Morgan fingerprint density at radius 1 is 1.24 bits per heavy atom. The number of benzene rings is 1. The molecule has 134 valence electrons. The van der Waals surface area contributed by atoms with Gasteiger partial charge in [0.1, 0.15) is 6.10 Å². The number of sulfonamides is 1. The predicted octanol–water partition coefficient (Wildman–Crippen LogP) is 2.16. The van der Waals surface area contributed by atoms with Gasteiger partial charge in [0, 0.05) is 11.0 Å². The number of carbonyl (C=O) groups is 1. The number of nitrogens with one attached hydrogen (secondary N) is 1. The number of morpholine rings is 1. The van der Waals surface area contributed by atoms with E-state index in [-0.39, 0.29) is 22.9 Å². The number of hydrogen-bond donors (Lipinski definition) is 1. The van der Waals surface area contributed by atoms with E-state index in [9.17, 15) is 13.2 Å². The van der Waals surface area contributed by atoms with E-state index >= 15 is 0 Å². The van der Waals surface area contributed by atoms with Crippen molar-refractivity contribution in [2.45, 2.75) is 11.2 Å². The van der Waals surface area contributed by atoms with Crippen molar-refractivity contribution < 1.29 is 22.4 Å². The van der Waals surface area contributed by atoms with E-state index in [2.05, 4.69) is 20.7 Å². The normalized spacial score (nSPS) is 18.3. The molecule has 0 bridgehead atoms. The van der Waals surface area contributed by atoms with Gasteiger partial charge in [-0.15, -0.1) is 0 Å². The summed E-state index contributed by atoms with van der Waals surface area (Å²) in [6.45, 7) is 1.19. The number of ether oxygens (including phenoxy) is 1. The number of nitrogens with zero attached hydrogens (tertiary/aromatic N) is 1. The van der Waals surface area contributed by atoms with Gasteiger partial charge in [-0.2, -0.15) is 0 Å². The molecule has 1 saturated heterocycles. The van der Waals surface area contributed by atoms with Gasteiger partial charge in [0.25, 0.3) is 15.9 Å². The smallest absolute Gasteiger partial charge is 0.289 e. The molecule has 0 radical (unpaired) electrons. The average molecular weight is 429 g/mol. The van der Waals surface area contributed by atoms with Crippen LogP contribution in [-0.2, 0) is 14.8 Å². The van der Waals surface area contributed by atoms with Crippen molar-refractivity contribution in [3.63, 3.8) is 0 Å². The first-order valence-corrected chi connectivity index (χ1v) is 9.88. The third-order valence-corrected chi connectivity index (χ3v) is 5.74. The van der Waals surface area contributed by atoms with Crippen LogP contribution in [0.2, 0.25) is 0 Å². The molecule has 9 heteroatoms. The molecule has 7 nitrogen and oxygen atoms in total. The quantitative estimate of drug-likeness (QED) is 0.805. The molecule has 0 aliphatic carbocycles. The van der Waals surface area contributed by atoms with Crippen molar-refractivity contribution in [1.82, 2.24) is 9.62 Å². The molecule has 1 unspecified atom stereocenters. The number of carbonyl (C=O) groups excluding carboxylic acids is 1. The van der Waals surface area contributed by atoms with Gasteiger partial charge in [0.2, 0.25) is 5.09 Å². The van der Waals surface area contributed by atoms with Gasteiger partial charge >= 0.3 is 0 Å². The summed E-state index contributed by atoms with van der Waals surface area (Å²) < 4.78 is 37.5. The van der Waals surface area contributed by atoms with Gasteiger partial charge in [-0.1, -0.05) is 28.1 Å². The van der Waals surface area contributed by atoms with Gasteiger partial charge in [-0.25, -0.2) is 13.1 Å². The number of furan rings is 1. The second kappa shape index (κ2) is 7.28. The van der Waals surface area contributed by atoms with Gasteiger partial charge in [-0.05, 0) is 36.9 Å². The third-order valence-electron chi connectivity index (χ3n) is 3.92. The second-order valence-corrected chi connectivity index (χ2v) is 8.22. The van der Waals surface area contributed by atoms with Crippen LogP contribution in [0, 0.1) is 0 Å². The highest BCUT2D eigenvalue weighted by Crippen LogP contribution is 2.25. The minimum absolute atomic E-state index is 0.00900. The predicted molar refractivity (Wildman–Crippen MR) is 93.7 cm³/mol. The molecule has 1 aliphatic rings. The van der Waals surface area contributed by atoms with Gasteiger partial charge < -0.3 is 14.1 Å². The molecule has 1 aromatic carbocycles. The van der Waals surface area contributed by atoms with Crippen LogP contribution >= 0.6 is 15.9 Å². The molecule has 1 N–H and O–H groups in total. The summed E-state index contributed by atoms with van der Waals surface area (Å²) in [5.74, 6) is -0.367. The van der Waals surface area contributed by atoms with Crippen LogP contribution in [0.25, 0.3) is 0 Å². The Morgan fingerprint density at radius 2 is 1.96 bits per heavy atom. The summed E-state index contributed by atoms with van der Waals surface area (Å²) in [5.41, 5.74) is 0.971. The van der Waals surface area contributed by atoms with Crippen molar-refractivity contribution in [1.29, 1.82) is 0 Å². The van der Waals surface area contributed by atoms with Crippen LogP contribution in [-0.4, -0.2) is 46.0 Å². The molecule has 2 aromatic rings. The average Bonchev–Trinajstić information content (AvgIpc) is 3.13. The standard InChI is InChI=1S/C16H17BrN2O5S/c1-18-25(21,22)15-7-6-13(24-15)16(20)19-8-9-23-14(10-19)11-2-4-12(17)5-3-11/h2-7,14,18H,8-10H2,1H3. The fourth-order valence-electron chi connectivity index (χ4n) is 2.55. The molecular formula is C16H17BrN2O5S. The Kier molecular flexibility index (Phi) is 5.28. The minimum Gasteiger partial charge on any atom is -0.438 e. The summed E-state index contributed by atoms with van der Waals surface area (Å²) in [6.07, 6.45) is -0.235. The van der Waals surface area contributed by atoms with E-state index in [0.717, 1.165) is 10.0 Å². The van der Waals surface area contributed by atoms with Crippen LogP contribution < -0.4 is 4.72 Å². The van der Waals surface area contributed by atoms with E-state index in [1.54, 1.807) is 4.90 Å². The maximum absolute atomic E-state index is 12.6. The van der Waals surface area contributed by atoms with Crippen LogP contribution in [0.3, 0.4) is 0 Å². The molecule has 25 heavy (non-hydrogen) atoms. The molecule has 1 amide bonds. The number of hydrogen-bond acceptors (Lipinski definition) is 5. The summed E-state index contributed by atoms with van der Waals surface area (Å²) in [5, 5.41) is -0.281. The van der Waals surface area contributed by atoms with Crippen molar-refractivity contribution >= 4 is 31.9 Å². The molecule has 1 fully saturated rings. The molecule has 1 aliphatic heterocycles. The molecule has 0 saturated carbocycles. The summed E-state index contributed by atoms with van der Waals surface area (Å²) in [6, 6.07) is 10.4. The lowest BCUT2D eigenvalue weighted by molar-refractivity contribution is -0.0239. The summed E-state index contributed by atoms with van der Waals surface area (Å²) in [7, 11) is -2.43. The maximum atomic E-state index is 12.6. The Labute approximate surface area is 154 Å². The second-order valence-electron chi connectivity index (χ2n) is 5.49. The molecule has 2 heterocycles. The Hall–Kier alpha value is -1.68. The largest absolute Gasteiger partial charge is 0.438 e. The number of rotatable bonds is 4. The van der Waals surface area contributed by atoms with Crippen molar-refractivity contribution in [3.05, 3.63) is 52.2 Å². The Morgan fingerprint density at radius 3 is 2.64 bits per heavy atom. The van der Waals surface area contributed by atoms with Crippen molar-refractivity contribution in [2.75, 3.05) is 26.7 Å². The lowest BCUT2D eigenvalue weighted by Gasteiger charge is -2.32. The van der Waals surface area contributed by atoms with Crippen molar-refractivity contribution in [2.24, 2.45) is 0 Å². The third kappa shape index (κ3) is 3.95. The fourth-order valence-corrected chi connectivity index (χ4v) is 3.46. The van der Waals surface area contributed by atoms with Crippen molar-refractivity contribution in [3.8, 4) is 0 Å². The van der Waals surface area contributed by atoms with E-state index < -0.39 is 10.0 Å². The Bertz CT molecular complexity index is 863.